The first-order valence-corrected chi connectivity index (χ1v) is 44.4. The quantitative estimate of drug-likeness (QED) is 0.0678. The standard InChI is InChI=1S/C34H20Cl2N4.C18H28B2O4.2C14H6Cl4N4.C10H8BO2.C4HCl3N2.2FH/c35-33-37-29(19-31(39-33)27-15-9-21-5-1-3-7-25(21)17-27)23-11-13-24(14-12-23)30-20-32(40-34(36)38-30)28-16-10-22-6-2-4-8-26(22)18-28;1-15(2)16(3,4)22-19(21-15)13-9-11-14(12-10-13)20-23-17(5,6)18(7,8)24-20;2*15-11-5-9(19-13(17)21-11)7-1-2-8(4-3-7)10-6-12(16)22-14(18)20-10;12-11-13-10-6-5-8-3-1-2-4-9(8)7-10;5-2-1-3(6)9-4(7)8-2;;/h1-20H;9-12H,1-8H3;2*1-6H;1-7,12H;1H;2*1H. The van der Waals surface area contributed by atoms with Crippen molar-refractivity contribution in [3.05, 3.63) is 335 Å². The van der Waals surface area contributed by atoms with Crippen LogP contribution in [0.2, 0.25) is 67.9 Å². The predicted octanol–water partition coefficient (Wildman–Crippen LogP) is 26.7. The van der Waals surface area contributed by atoms with Crippen molar-refractivity contribution in [1.29, 1.82) is 0 Å². The van der Waals surface area contributed by atoms with E-state index in [1.54, 1.807) is 24.3 Å². The summed E-state index contributed by atoms with van der Waals surface area (Å²) in [4.78, 5) is 56.9. The number of rotatable bonds is 12. The Labute approximate surface area is 824 Å². The van der Waals surface area contributed by atoms with E-state index < -0.39 is 0 Å². The first-order valence-electron chi connectivity index (χ1n) is 39.5. The summed E-state index contributed by atoms with van der Waals surface area (Å²) in [5, 5.41) is 17.8. The van der Waals surface area contributed by atoms with Gasteiger partial charge in [-0.25, -0.2) is 69.8 Å². The summed E-state index contributed by atoms with van der Waals surface area (Å²) in [6.07, 6.45) is 0. The Balaban J connectivity index is 0.000000150. The zero-order chi connectivity index (χ0) is 92.3. The Bertz CT molecular complexity index is 6330. The predicted molar refractivity (Wildman–Crippen MR) is 534 cm³/mol. The summed E-state index contributed by atoms with van der Waals surface area (Å²) in [6, 6.07) is 85.6. The Kier molecular flexibility index (Phi) is 34.0. The third-order valence-corrected chi connectivity index (χ3v) is 23.5. The van der Waals surface area contributed by atoms with E-state index in [-0.39, 0.29) is 114 Å². The van der Waals surface area contributed by atoms with Gasteiger partial charge in [-0.3, -0.25) is 9.41 Å². The minimum Gasteiger partial charge on any atom is -0.537 e. The normalized spacial score (nSPS) is 13.5. The Hall–Kier alpha value is -10.0. The monoisotopic (exact) mass is 2020 g/mol. The van der Waals surface area contributed by atoms with Gasteiger partial charge in [0.05, 0.1) is 68.0 Å². The summed E-state index contributed by atoms with van der Waals surface area (Å²) in [6.45, 7) is 16.5. The van der Waals surface area contributed by atoms with Gasteiger partial charge in [-0.1, -0.05) is 270 Å². The van der Waals surface area contributed by atoms with Gasteiger partial charge in [0.1, 0.15) is 36.7 Å². The van der Waals surface area contributed by atoms with Gasteiger partial charge in [0, 0.05) is 74.8 Å². The van der Waals surface area contributed by atoms with Gasteiger partial charge in [-0.05, 0) is 216 Å². The third-order valence-electron chi connectivity index (χ3n) is 21.1. The highest BCUT2D eigenvalue weighted by molar-refractivity contribution is 6.64. The van der Waals surface area contributed by atoms with Crippen molar-refractivity contribution in [2.45, 2.75) is 77.8 Å². The van der Waals surface area contributed by atoms with Gasteiger partial charge in [-0.2, -0.15) is 0 Å². The lowest BCUT2D eigenvalue weighted by Crippen LogP contribution is -2.41. The van der Waals surface area contributed by atoms with Crippen LogP contribution in [0.5, 0.6) is 5.75 Å². The van der Waals surface area contributed by atoms with Crippen LogP contribution in [0.15, 0.2) is 267 Å². The van der Waals surface area contributed by atoms with Gasteiger partial charge >= 0.3 is 21.9 Å². The zero-order valence-electron chi connectivity index (χ0n) is 70.6. The maximum absolute atomic E-state index is 8.44. The molecule has 17 aromatic rings. The van der Waals surface area contributed by atoms with Crippen molar-refractivity contribution >= 4 is 216 Å². The van der Waals surface area contributed by atoms with E-state index in [4.69, 9.17) is 179 Å². The molecular formula is C94H71B3Cl13F2N14O6. The average molecular weight is 2020 g/mol. The number of fused-ring (bicyclic) bond motifs is 3. The molecule has 0 spiro atoms. The fraction of sp³-hybridized carbons (Fsp3) is 0.128. The lowest BCUT2D eigenvalue weighted by molar-refractivity contribution is 0.00578. The molecule has 9 heterocycles. The van der Waals surface area contributed by atoms with E-state index in [0.717, 1.165) is 99.8 Å². The molecule has 0 atom stereocenters. The lowest BCUT2D eigenvalue weighted by atomic mass is 9.74. The highest BCUT2D eigenvalue weighted by atomic mass is 35.5. The highest BCUT2D eigenvalue weighted by Gasteiger charge is 2.53. The van der Waals surface area contributed by atoms with Gasteiger partial charge in [0.15, 0.2) is 0 Å². The van der Waals surface area contributed by atoms with Crippen molar-refractivity contribution in [3.63, 3.8) is 0 Å². The average Bonchev–Trinajstić information content (AvgIpc) is 1.60. The molecule has 1 N–H and O–H groups in total. The maximum Gasteiger partial charge on any atom is 0.569 e. The largest absolute Gasteiger partial charge is 0.569 e. The van der Waals surface area contributed by atoms with Crippen LogP contribution in [0.3, 0.4) is 0 Å². The summed E-state index contributed by atoms with van der Waals surface area (Å²) >= 11 is 75.7. The number of aromatic nitrogens is 14. The zero-order valence-corrected chi connectivity index (χ0v) is 80.4. The summed E-state index contributed by atoms with van der Waals surface area (Å²) < 4.78 is 29.2. The Morgan fingerprint density at radius 1 is 0.235 bits per heavy atom. The molecule has 0 amide bonds. The number of nitrogens with zero attached hydrogens (tertiary/aromatic N) is 14. The SMILES string of the molecule is CC1(C)OB(c2ccc(B3OC(C)(C)C(C)(C)O3)cc2)OC1(C)C.Clc1cc(-c2ccc(-c3cc(Cl)nc(Cl)n3)cc2)nc(Cl)n1.Clc1cc(-c2ccc(-c3cc(Cl)nc(Cl)n3)cc2)nc(Cl)n1.Clc1cc(Cl)nc(Cl)n1.Clc1nc(-c2ccc(-c3cc(-c4ccc5ccccc5c4)nc(Cl)n3)cc2)cc(-c2ccc3ccccc3c2)n1.F.F.O[B]Oc1ccc2ccccc2c1. The fourth-order valence-corrected chi connectivity index (χ4v) is 15.8. The molecule has 2 saturated heterocycles. The van der Waals surface area contributed by atoms with E-state index in [9.17, 15) is 0 Å². The van der Waals surface area contributed by atoms with Gasteiger partial charge < -0.3 is 28.3 Å². The molecule has 10 aromatic carbocycles. The molecule has 2 fully saturated rings. The van der Waals surface area contributed by atoms with Crippen LogP contribution in [0.1, 0.15) is 55.4 Å². The second kappa shape index (κ2) is 44.4. The summed E-state index contributed by atoms with van der Waals surface area (Å²) in [7, 11) is -0.00547. The molecule has 19 rings (SSSR count). The highest BCUT2D eigenvalue weighted by Crippen LogP contribution is 2.40. The Morgan fingerprint density at radius 3 is 0.689 bits per heavy atom. The first kappa shape index (κ1) is 101. The second-order valence-electron chi connectivity index (χ2n) is 30.9. The molecule has 0 unspecified atom stereocenters. The molecule has 38 heteroatoms. The number of hydrogen-bond donors (Lipinski definition) is 1. The fourth-order valence-electron chi connectivity index (χ4n) is 13.1. The van der Waals surface area contributed by atoms with Crippen LogP contribution in [0.4, 0.5) is 9.41 Å². The smallest absolute Gasteiger partial charge is 0.537 e. The van der Waals surface area contributed by atoms with E-state index in [1.165, 1.54) is 16.8 Å². The molecule has 7 aromatic heterocycles. The number of halogens is 15. The van der Waals surface area contributed by atoms with Crippen LogP contribution in [-0.2, 0) is 18.6 Å². The Morgan fingerprint density at radius 2 is 0.439 bits per heavy atom. The van der Waals surface area contributed by atoms with Crippen molar-refractivity contribution in [1.82, 2.24) is 69.8 Å². The van der Waals surface area contributed by atoms with E-state index in [2.05, 4.69) is 186 Å². The van der Waals surface area contributed by atoms with E-state index in [0.29, 0.717) is 36.2 Å². The van der Waals surface area contributed by atoms with Crippen molar-refractivity contribution < 1.29 is 37.7 Å². The van der Waals surface area contributed by atoms with Crippen LogP contribution in [0, 0.1) is 0 Å². The molecule has 0 saturated carbocycles. The topological polar surface area (TPSA) is 247 Å². The molecular weight excluding hydrogens is 1950 g/mol. The molecule has 1 radical (unpaired) electrons. The van der Waals surface area contributed by atoms with Gasteiger partial charge in [-0.15, -0.1) is 0 Å². The molecule has 0 aliphatic carbocycles. The molecule has 2 aliphatic rings. The summed E-state index contributed by atoms with van der Waals surface area (Å²) in [5.41, 5.74) is 13.5. The second-order valence-corrected chi connectivity index (χ2v) is 35.6. The maximum atomic E-state index is 8.44. The number of benzene rings is 10. The molecule has 667 valence electrons. The first-order chi connectivity index (χ1) is 62.0. The van der Waals surface area contributed by atoms with Crippen molar-refractivity contribution in [2.75, 3.05) is 0 Å². The van der Waals surface area contributed by atoms with Crippen LogP contribution >= 0.6 is 151 Å². The minimum absolute atomic E-state index is 0. The summed E-state index contributed by atoms with van der Waals surface area (Å²) in [5.74, 6) is 0.640. The lowest BCUT2D eigenvalue weighted by Gasteiger charge is -2.32. The molecule has 132 heavy (non-hydrogen) atoms. The van der Waals surface area contributed by atoms with Gasteiger partial charge in [0.25, 0.3) is 0 Å². The molecule has 20 nitrogen and oxygen atoms in total. The molecule has 0 bridgehead atoms. The third kappa shape index (κ3) is 26.1. The van der Waals surface area contributed by atoms with Gasteiger partial charge in [0.2, 0.25) is 37.0 Å². The van der Waals surface area contributed by atoms with Crippen LogP contribution < -0.4 is 15.6 Å². The van der Waals surface area contributed by atoms with Crippen molar-refractivity contribution in [3.8, 4) is 95.8 Å². The molecule has 2 aliphatic heterocycles. The van der Waals surface area contributed by atoms with E-state index >= 15 is 0 Å². The van der Waals surface area contributed by atoms with Crippen molar-refractivity contribution in [2.24, 2.45) is 0 Å². The van der Waals surface area contributed by atoms with Crippen LogP contribution in [0.25, 0.3) is 122 Å². The number of hydrogen-bond acceptors (Lipinski definition) is 20. The van der Waals surface area contributed by atoms with E-state index in [1.807, 2.05) is 176 Å². The van der Waals surface area contributed by atoms with Crippen LogP contribution in [-0.4, -0.2) is 119 Å². The minimum atomic E-state index is -0.345.